The van der Waals surface area contributed by atoms with Gasteiger partial charge in [-0.1, -0.05) is 35.9 Å². The van der Waals surface area contributed by atoms with E-state index >= 15 is 0 Å². The first-order valence-corrected chi connectivity index (χ1v) is 9.36. The topological polar surface area (TPSA) is 29.3 Å². The van der Waals surface area contributed by atoms with Crippen molar-refractivity contribution in [3.63, 3.8) is 0 Å². The average molecular weight is 320 g/mol. The average Bonchev–Trinajstić information content (AvgIpc) is 2.98. The van der Waals surface area contributed by atoms with Crippen LogP contribution in [0.3, 0.4) is 0 Å². The Morgan fingerprint density at radius 2 is 1.75 bits per heavy atom. The van der Waals surface area contributed by atoms with E-state index in [1.165, 1.54) is 67.6 Å². The first-order chi connectivity index (χ1) is 11.7. The first kappa shape index (κ1) is 15.7. The van der Waals surface area contributed by atoms with Crippen LogP contribution in [0.2, 0.25) is 0 Å². The van der Waals surface area contributed by atoms with Crippen LogP contribution in [0.1, 0.15) is 53.4 Å². The number of aryl methyl sites for hydroxylation is 2. The van der Waals surface area contributed by atoms with Crippen LogP contribution in [-0.4, -0.2) is 24.5 Å². The number of rotatable bonds is 3. The van der Waals surface area contributed by atoms with Crippen LogP contribution in [0.4, 0.5) is 5.69 Å². The largest absolute Gasteiger partial charge is 0.399 e. The fraction of sp³-hybridized carbons (Fsp3) is 0.455. The lowest BCUT2D eigenvalue weighted by Gasteiger charge is -2.34. The quantitative estimate of drug-likeness (QED) is 0.845. The van der Waals surface area contributed by atoms with Gasteiger partial charge >= 0.3 is 0 Å². The van der Waals surface area contributed by atoms with Crippen molar-refractivity contribution in [1.29, 1.82) is 0 Å². The predicted octanol–water partition coefficient (Wildman–Crippen LogP) is 4.49. The van der Waals surface area contributed by atoms with Gasteiger partial charge in [-0.2, -0.15) is 0 Å². The maximum absolute atomic E-state index is 6.01. The summed E-state index contributed by atoms with van der Waals surface area (Å²) in [6.07, 6.45) is 5.09. The lowest BCUT2D eigenvalue weighted by molar-refractivity contribution is 0.200. The Labute approximate surface area is 145 Å². The highest BCUT2D eigenvalue weighted by molar-refractivity contribution is 5.48. The van der Waals surface area contributed by atoms with Crippen LogP contribution in [0.25, 0.3) is 0 Å². The minimum absolute atomic E-state index is 0.680. The van der Waals surface area contributed by atoms with Crippen LogP contribution in [0.15, 0.2) is 42.5 Å². The summed E-state index contributed by atoms with van der Waals surface area (Å²) in [5, 5.41) is 0. The molecule has 24 heavy (non-hydrogen) atoms. The third-order valence-electron chi connectivity index (χ3n) is 5.99. The molecule has 2 N–H and O–H groups in total. The van der Waals surface area contributed by atoms with Gasteiger partial charge in [0.1, 0.15) is 0 Å². The molecule has 126 valence electrons. The Morgan fingerprint density at radius 1 is 1.00 bits per heavy atom. The second kappa shape index (κ2) is 6.60. The molecular formula is C22H28N2. The second-order valence-electron chi connectivity index (χ2n) is 7.68. The second-order valence-corrected chi connectivity index (χ2v) is 7.68. The standard InChI is InChI=1S/C22H28N2/c1-16-2-4-17(5-3-16)18-10-12-24(13-11-18)15-20-7-6-19-8-9-21(23)14-22(19)20/h2-5,8-9,14,18,20H,6-7,10-13,15,23H2,1H3. The van der Waals surface area contributed by atoms with E-state index in [0.717, 1.165) is 11.6 Å². The molecule has 0 saturated carbocycles. The normalized spacial score (nSPS) is 21.8. The highest BCUT2D eigenvalue weighted by Crippen LogP contribution is 2.36. The van der Waals surface area contributed by atoms with Crippen molar-refractivity contribution in [3.05, 3.63) is 64.7 Å². The summed E-state index contributed by atoms with van der Waals surface area (Å²) in [4.78, 5) is 2.67. The van der Waals surface area contributed by atoms with Crippen LogP contribution < -0.4 is 5.73 Å². The number of fused-ring (bicyclic) bond motifs is 1. The fourth-order valence-corrected chi connectivity index (χ4v) is 4.50. The Hall–Kier alpha value is -1.80. The van der Waals surface area contributed by atoms with E-state index in [9.17, 15) is 0 Å². The van der Waals surface area contributed by atoms with E-state index in [1.54, 1.807) is 0 Å². The number of anilines is 1. The highest BCUT2D eigenvalue weighted by atomic mass is 15.1. The predicted molar refractivity (Wildman–Crippen MR) is 102 cm³/mol. The van der Waals surface area contributed by atoms with Crippen molar-refractivity contribution in [2.45, 2.75) is 44.4 Å². The summed E-state index contributed by atoms with van der Waals surface area (Å²) in [6, 6.07) is 15.6. The fourth-order valence-electron chi connectivity index (χ4n) is 4.50. The number of benzene rings is 2. The van der Waals surface area contributed by atoms with Crippen LogP contribution >= 0.6 is 0 Å². The molecule has 0 radical (unpaired) electrons. The van der Waals surface area contributed by atoms with E-state index in [4.69, 9.17) is 5.73 Å². The molecule has 1 fully saturated rings. The molecule has 0 bridgehead atoms. The van der Waals surface area contributed by atoms with Gasteiger partial charge in [-0.15, -0.1) is 0 Å². The van der Waals surface area contributed by atoms with E-state index in [0.29, 0.717) is 5.92 Å². The lowest BCUT2D eigenvalue weighted by Crippen LogP contribution is -2.35. The zero-order valence-electron chi connectivity index (χ0n) is 14.7. The Bertz CT molecular complexity index is 696. The first-order valence-electron chi connectivity index (χ1n) is 9.36. The molecule has 2 aliphatic rings. The third-order valence-corrected chi connectivity index (χ3v) is 5.99. The Kier molecular flexibility index (Phi) is 4.32. The zero-order chi connectivity index (χ0) is 16.5. The number of hydrogen-bond donors (Lipinski definition) is 1. The molecule has 1 aliphatic carbocycles. The lowest BCUT2D eigenvalue weighted by atomic mass is 9.88. The van der Waals surface area contributed by atoms with Gasteiger partial charge in [-0.05, 0) is 86.4 Å². The number of nitrogens with two attached hydrogens (primary N) is 1. The molecule has 1 unspecified atom stereocenters. The van der Waals surface area contributed by atoms with Gasteiger partial charge in [0.2, 0.25) is 0 Å². The molecular weight excluding hydrogens is 292 g/mol. The van der Waals surface area contributed by atoms with Crippen molar-refractivity contribution < 1.29 is 0 Å². The maximum Gasteiger partial charge on any atom is 0.0317 e. The van der Waals surface area contributed by atoms with Gasteiger partial charge in [0.15, 0.2) is 0 Å². The van der Waals surface area contributed by atoms with Crippen molar-refractivity contribution in [2.75, 3.05) is 25.4 Å². The van der Waals surface area contributed by atoms with Gasteiger partial charge in [-0.25, -0.2) is 0 Å². The Morgan fingerprint density at radius 3 is 2.50 bits per heavy atom. The number of nitrogen functional groups attached to an aromatic ring is 1. The summed E-state index contributed by atoms with van der Waals surface area (Å²) >= 11 is 0. The highest BCUT2D eigenvalue weighted by Gasteiger charge is 2.27. The number of nitrogens with zero attached hydrogens (tertiary/aromatic N) is 1. The van der Waals surface area contributed by atoms with Crippen molar-refractivity contribution in [1.82, 2.24) is 4.90 Å². The summed E-state index contributed by atoms with van der Waals surface area (Å²) in [6.45, 7) is 5.83. The Balaban J connectivity index is 1.36. The molecule has 1 heterocycles. The number of likely N-dealkylation sites (tertiary alicyclic amines) is 1. The van der Waals surface area contributed by atoms with Gasteiger partial charge in [0, 0.05) is 12.2 Å². The zero-order valence-corrected chi connectivity index (χ0v) is 14.7. The SMILES string of the molecule is Cc1ccc(C2CCN(CC3CCc4ccc(N)cc43)CC2)cc1. The summed E-state index contributed by atoms with van der Waals surface area (Å²) in [5.41, 5.74) is 12.8. The van der Waals surface area contributed by atoms with Gasteiger partial charge < -0.3 is 10.6 Å². The molecule has 1 saturated heterocycles. The number of hydrogen-bond acceptors (Lipinski definition) is 2. The van der Waals surface area contributed by atoms with Crippen molar-refractivity contribution in [3.8, 4) is 0 Å². The van der Waals surface area contributed by atoms with Gasteiger partial charge in [-0.3, -0.25) is 0 Å². The maximum atomic E-state index is 6.01. The summed E-state index contributed by atoms with van der Waals surface area (Å²) in [7, 11) is 0. The molecule has 2 aromatic rings. The molecule has 0 aromatic heterocycles. The molecule has 2 heteroatoms. The van der Waals surface area contributed by atoms with E-state index < -0.39 is 0 Å². The molecule has 2 nitrogen and oxygen atoms in total. The molecule has 4 rings (SSSR count). The minimum Gasteiger partial charge on any atom is -0.399 e. The number of piperidine rings is 1. The van der Waals surface area contributed by atoms with Gasteiger partial charge in [0.25, 0.3) is 0 Å². The summed E-state index contributed by atoms with van der Waals surface area (Å²) < 4.78 is 0. The van der Waals surface area contributed by atoms with Gasteiger partial charge in [0.05, 0.1) is 0 Å². The van der Waals surface area contributed by atoms with Crippen LogP contribution in [0, 0.1) is 6.92 Å². The smallest absolute Gasteiger partial charge is 0.0317 e. The minimum atomic E-state index is 0.680. The molecule has 0 spiro atoms. The van der Waals surface area contributed by atoms with E-state index in [1.807, 2.05) is 6.07 Å². The molecule has 0 amide bonds. The van der Waals surface area contributed by atoms with Crippen LogP contribution in [-0.2, 0) is 6.42 Å². The van der Waals surface area contributed by atoms with Crippen molar-refractivity contribution in [2.24, 2.45) is 0 Å². The molecule has 1 aliphatic heterocycles. The third kappa shape index (κ3) is 3.21. The van der Waals surface area contributed by atoms with E-state index in [-0.39, 0.29) is 0 Å². The van der Waals surface area contributed by atoms with E-state index in [2.05, 4.69) is 48.2 Å². The van der Waals surface area contributed by atoms with Crippen molar-refractivity contribution >= 4 is 5.69 Å². The van der Waals surface area contributed by atoms with Crippen LogP contribution in [0.5, 0.6) is 0 Å². The monoisotopic (exact) mass is 320 g/mol. The molecule has 1 atom stereocenters. The molecule has 2 aromatic carbocycles. The summed E-state index contributed by atoms with van der Waals surface area (Å²) in [5.74, 6) is 1.42.